The lowest BCUT2D eigenvalue weighted by molar-refractivity contribution is 0.303. The smallest absolute Gasteiger partial charge is 0.119 e. The summed E-state index contributed by atoms with van der Waals surface area (Å²) in [5.41, 5.74) is 7.65. The molecule has 2 aliphatic rings. The number of benzene rings is 1. The molecular formula is C15H21NO. The van der Waals surface area contributed by atoms with Crippen LogP contribution in [0.4, 0.5) is 0 Å². The van der Waals surface area contributed by atoms with Crippen molar-refractivity contribution in [3.63, 3.8) is 0 Å². The van der Waals surface area contributed by atoms with Crippen molar-refractivity contribution >= 4 is 0 Å². The fourth-order valence-electron chi connectivity index (χ4n) is 2.93. The quantitative estimate of drug-likeness (QED) is 0.864. The Bertz CT molecular complexity index is 374. The third kappa shape index (κ3) is 2.19. The highest BCUT2D eigenvalue weighted by molar-refractivity contribution is 5.33. The van der Waals surface area contributed by atoms with Gasteiger partial charge in [-0.3, -0.25) is 0 Å². The molecule has 0 unspecified atom stereocenters. The Balaban J connectivity index is 1.77. The van der Waals surface area contributed by atoms with Crippen LogP contribution in [-0.2, 0) is 5.41 Å². The molecule has 3 rings (SSSR count). The molecule has 0 spiro atoms. The fraction of sp³-hybridized carbons (Fsp3) is 0.600. The highest BCUT2D eigenvalue weighted by Crippen LogP contribution is 2.40. The summed E-state index contributed by atoms with van der Waals surface area (Å²) in [6.45, 7) is 0.774. The molecule has 0 aliphatic heterocycles. The van der Waals surface area contributed by atoms with Gasteiger partial charge in [0, 0.05) is 12.0 Å². The van der Waals surface area contributed by atoms with Crippen LogP contribution < -0.4 is 10.5 Å². The molecule has 0 heterocycles. The predicted molar refractivity (Wildman–Crippen MR) is 69.3 cm³/mol. The van der Waals surface area contributed by atoms with Crippen LogP contribution in [-0.4, -0.2) is 12.6 Å². The highest BCUT2D eigenvalue weighted by Gasteiger charge is 2.34. The van der Waals surface area contributed by atoms with E-state index in [9.17, 15) is 0 Å². The van der Waals surface area contributed by atoms with Crippen molar-refractivity contribution in [2.75, 3.05) is 6.54 Å². The van der Waals surface area contributed by atoms with E-state index in [-0.39, 0.29) is 5.41 Å². The number of ether oxygens (including phenoxy) is 1. The summed E-state index contributed by atoms with van der Waals surface area (Å²) in [4.78, 5) is 0. The van der Waals surface area contributed by atoms with Crippen LogP contribution in [0.1, 0.15) is 44.1 Å². The zero-order valence-electron chi connectivity index (χ0n) is 10.3. The van der Waals surface area contributed by atoms with Gasteiger partial charge in [0.15, 0.2) is 0 Å². The summed E-state index contributed by atoms with van der Waals surface area (Å²) in [6, 6.07) is 8.67. The van der Waals surface area contributed by atoms with E-state index in [0.29, 0.717) is 6.10 Å². The molecular weight excluding hydrogens is 210 g/mol. The Morgan fingerprint density at radius 3 is 2.29 bits per heavy atom. The first-order valence-corrected chi connectivity index (χ1v) is 6.80. The molecule has 2 N–H and O–H groups in total. The van der Waals surface area contributed by atoms with E-state index >= 15 is 0 Å². The average molecular weight is 231 g/mol. The van der Waals surface area contributed by atoms with Crippen LogP contribution in [0, 0.1) is 0 Å². The Morgan fingerprint density at radius 2 is 1.76 bits per heavy atom. The van der Waals surface area contributed by atoms with Gasteiger partial charge in [-0.2, -0.15) is 0 Å². The molecule has 0 radical (unpaired) electrons. The Kier molecular flexibility index (Phi) is 2.83. The lowest BCUT2D eigenvalue weighted by atomic mass is 9.79. The monoisotopic (exact) mass is 231 g/mol. The lowest BCUT2D eigenvalue weighted by Gasteiger charge is -2.28. The Hall–Kier alpha value is -1.02. The van der Waals surface area contributed by atoms with E-state index in [1.807, 2.05) is 0 Å². The topological polar surface area (TPSA) is 35.2 Å². The maximum atomic E-state index is 6.00. The van der Waals surface area contributed by atoms with Gasteiger partial charge in [-0.05, 0) is 43.4 Å². The molecule has 1 aromatic carbocycles. The average Bonchev–Trinajstić information content (AvgIpc) is 3.05. The van der Waals surface area contributed by atoms with E-state index in [0.717, 1.165) is 12.3 Å². The summed E-state index contributed by atoms with van der Waals surface area (Å²) in [6.07, 6.45) is 8.03. The van der Waals surface area contributed by atoms with Crippen LogP contribution in [0.5, 0.6) is 5.75 Å². The van der Waals surface area contributed by atoms with Crippen LogP contribution >= 0.6 is 0 Å². The second kappa shape index (κ2) is 4.34. The molecule has 0 bridgehead atoms. The minimum absolute atomic E-state index is 0.248. The number of rotatable bonds is 4. The molecule has 2 fully saturated rings. The maximum Gasteiger partial charge on any atom is 0.119 e. The minimum Gasteiger partial charge on any atom is -0.490 e. The molecule has 2 saturated carbocycles. The van der Waals surface area contributed by atoms with Gasteiger partial charge in [0.1, 0.15) is 5.75 Å². The third-order valence-electron chi connectivity index (χ3n) is 4.25. The molecule has 92 valence electrons. The summed E-state index contributed by atoms with van der Waals surface area (Å²) in [7, 11) is 0. The normalized spacial score (nSPS) is 22.6. The second-order valence-corrected chi connectivity index (χ2v) is 5.53. The van der Waals surface area contributed by atoms with E-state index in [1.54, 1.807) is 0 Å². The molecule has 0 aromatic heterocycles. The first-order chi connectivity index (χ1) is 8.32. The van der Waals surface area contributed by atoms with Crippen molar-refractivity contribution < 1.29 is 4.74 Å². The number of hydrogen-bond acceptors (Lipinski definition) is 2. The molecule has 1 aromatic rings. The van der Waals surface area contributed by atoms with Crippen molar-refractivity contribution in [3.05, 3.63) is 29.8 Å². The zero-order chi connectivity index (χ0) is 11.7. The van der Waals surface area contributed by atoms with Crippen molar-refractivity contribution in [1.29, 1.82) is 0 Å². The molecule has 0 amide bonds. The standard InChI is InChI=1S/C15H21NO/c16-11-15(9-1-2-10-15)12-3-5-13(6-4-12)17-14-7-8-14/h3-6,14H,1-2,7-11,16H2. The van der Waals surface area contributed by atoms with Crippen molar-refractivity contribution in [2.24, 2.45) is 5.73 Å². The first kappa shape index (κ1) is 11.1. The summed E-state index contributed by atoms with van der Waals surface area (Å²) in [5.74, 6) is 1.02. The van der Waals surface area contributed by atoms with Crippen molar-refractivity contribution in [3.8, 4) is 5.75 Å². The van der Waals surface area contributed by atoms with Gasteiger partial charge in [0.25, 0.3) is 0 Å². The van der Waals surface area contributed by atoms with E-state index < -0.39 is 0 Å². The van der Waals surface area contributed by atoms with Crippen LogP contribution in [0.2, 0.25) is 0 Å². The molecule has 0 atom stereocenters. The third-order valence-corrected chi connectivity index (χ3v) is 4.25. The van der Waals surface area contributed by atoms with Crippen molar-refractivity contribution in [2.45, 2.75) is 50.0 Å². The van der Waals surface area contributed by atoms with E-state index in [1.165, 1.54) is 44.1 Å². The number of hydrogen-bond donors (Lipinski definition) is 1. The van der Waals surface area contributed by atoms with Gasteiger partial charge in [-0.25, -0.2) is 0 Å². The summed E-state index contributed by atoms with van der Waals surface area (Å²) < 4.78 is 5.78. The fourth-order valence-corrected chi connectivity index (χ4v) is 2.93. The maximum absolute atomic E-state index is 6.00. The predicted octanol–water partition coefficient (Wildman–Crippen LogP) is 3.00. The van der Waals surface area contributed by atoms with Gasteiger partial charge in [0.05, 0.1) is 6.10 Å². The SMILES string of the molecule is NCC1(c2ccc(OC3CC3)cc2)CCCC1. The first-order valence-electron chi connectivity index (χ1n) is 6.80. The Labute approximate surface area is 103 Å². The molecule has 0 saturated heterocycles. The van der Waals surface area contributed by atoms with Gasteiger partial charge in [0.2, 0.25) is 0 Å². The largest absolute Gasteiger partial charge is 0.490 e. The van der Waals surface area contributed by atoms with Gasteiger partial charge >= 0.3 is 0 Å². The van der Waals surface area contributed by atoms with Gasteiger partial charge < -0.3 is 10.5 Å². The van der Waals surface area contributed by atoms with Gasteiger partial charge in [-0.1, -0.05) is 25.0 Å². The lowest BCUT2D eigenvalue weighted by Crippen LogP contribution is -2.31. The van der Waals surface area contributed by atoms with Crippen LogP contribution in [0.25, 0.3) is 0 Å². The number of nitrogens with two attached hydrogens (primary N) is 1. The van der Waals surface area contributed by atoms with Gasteiger partial charge in [-0.15, -0.1) is 0 Å². The highest BCUT2D eigenvalue weighted by atomic mass is 16.5. The minimum atomic E-state index is 0.248. The van der Waals surface area contributed by atoms with Crippen molar-refractivity contribution in [1.82, 2.24) is 0 Å². The van der Waals surface area contributed by atoms with Crippen LogP contribution in [0.3, 0.4) is 0 Å². The second-order valence-electron chi connectivity index (χ2n) is 5.53. The summed E-state index contributed by atoms with van der Waals surface area (Å²) >= 11 is 0. The molecule has 2 heteroatoms. The summed E-state index contributed by atoms with van der Waals surface area (Å²) in [5, 5.41) is 0. The molecule has 17 heavy (non-hydrogen) atoms. The molecule has 2 aliphatic carbocycles. The van der Waals surface area contributed by atoms with E-state index in [4.69, 9.17) is 10.5 Å². The van der Waals surface area contributed by atoms with E-state index in [2.05, 4.69) is 24.3 Å². The Morgan fingerprint density at radius 1 is 1.12 bits per heavy atom. The zero-order valence-corrected chi connectivity index (χ0v) is 10.3. The van der Waals surface area contributed by atoms with Crippen LogP contribution in [0.15, 0.2) is 24.3 Å². The molecule has 2 nitrogen and oxygen atoms in total.